The van der Waals surface area contributed by atoms with E-state index >= 15 is 0 Å². The third kappa shape index (κ3) is 6.84. The number of nitrogens with two attached hydrogens (primary N) is 1. The molecule has 0 spiro atoms. The fraction of sp³-hybridized carbons (Fsp3) is 0.312. The molecule has 6 nitrogen and oxygen atoms in total. The van der Waals surface area contributed by atoms with Crippen LogP contribution in [0, 0.1) is 5.92 Å². The molecule has 0 aliphatic heterocycles. The highest BCUT2D eigenvalue weighted by molar-refractivity contribution is 7.89. The average Bonchev–Trinajstić information content (AvgIpc) is 2.53. The molecule has 0 saturated heterocycles. The summed E-state index contributed by atoms with van der Waals surface area (Å²) in [4.78, 5) is 12.3. The van der Waals surface area contributed by atoms with Gasteiger partial charge in [0.2, 0.25) is 15.9 Å². The van der Waals surface area contributed by atoms with Gasteiger partial charge in [-0.2, -0.15) is 0 Å². The average molecular weight is 374 g/mol. The molecule has 0 atom stereocenters. The second-order valence-electron chi connectivity index (χ2n) is 4.95. The zero-order chi connectivity index (χ0) is 17.3. The van der Waals surface area contributed by atoms with E-state index in [2.05, 4.69) is 23.2 Å². The van der Waals surface area contributed by atoms with E-state index in [0.29, 0.717) is 18.5 Å². The number of rotatable bonds is 10. The summed E-state index contributed by atoms with van der Waals surface area (Å²) >= 11 is 0. The van der Waals surface area contributed by atoms with Gasteiger partial charge in [0.25, 0.3) is 0 Å². The molecule has 1 aromatic carbocycles. The Hall–Kier alpha value is -1.67. The fourth-order valence-electron chi connectivity index (χ4n) is 1.97. The van der Waals surface area contributed by atoms with Crippen LogP contribution in [0.5, 0.6) is 0 Å². The van der Waals surface area contributed by atoms with Gasteiger partial charge in [0.15, 0.2) is 0 Å². The number of hydrogen-bond acceptors (Lipinski definition) is 4. The van der Waals surface area contributed by atoms with Crippen LogP contribution in [0.15, 0.2) is 54.5 Å². The maximum Gasteiger partial charge on any atom is 0.240 e. The molecule has 1 amide bonds. The number of benzene rings is 1. The summed E-state index contributed by atoms with van der Waals surface area (Å²) in [6.07, 6.45) is 4.39. The lowest BCUT2D eigenvalue weighted by Crippen LogP contribution is -2.29. The quantitative estimate of drug-likeness (QED) is 0.546. The highest BCUT2D eigenvalue weighted by Gasteiger charge is 2.17. The van der Waals surface area contributed by atoms with E-state index < -0.39 is 10.0 Å². The Morgan fingerprint density at radius 1 is 1.25 bits per heavy atom. The van der Waals surface area contributed by atoms with Gasteiger partial charge in [0.1, 0.15) is 0 Å². The summed E-state index contributed by atoms with van der Waals surface area (Å²) < 4.78 is 26.5. The first kappa shape index (κ1) is 22.3. The highest BCUT2D eigenvalue weighted by atomic mass is 35.5. The Bertz CT molecular complexity index is 652. The lowest BCUT2D eigenvalue weighted by Gasteiger charge is -2.14. The monoisotopic (exact) mass is 373 g/mol. The van der Waals surface area contributed by atoms with E-state index in [1.807, 2.05) is 0 Å². The van der Waals surface area contributed by atoms with Crippen molar-refractivity contribution in [2.75, 3.05) is 18.4 Å². The van der Waals surface area contributed by atoms with Gasteiger partial charge in [-0.15, -0.1) is 25.6 Å². The Kier molecular flexibility index (Phi) is 10.2. The summed E-state index contributed by atoms with van der Waals surface area (Å²) in [5.74, 6) is -0.477. The van der Waals surface area contributed by atoms with Crippen LogP contribution >= 0.6 is 12.4 Å². The van der Waals surface area contributed by atoms with Crippen molar-refractivity contribution in [2.45, 2.75) is 17.7 Å². The van der Waals surface area contributed by atoms with Crippen molar-refractivity contribution in [3.05, 3.63) is 49.6 Å². The van der Waals surface area contributed by atoms with Crippen LogP contribution in [0.2, 0.25) is 0 Å². The van der Waals surface area contributed by atoms with Crippen molar-refractivity contribution < 1.29 is 13.2 Å². The molecule has 0 aliphatic carbocycles. The van der Waals surface area contributed by atoms with Crippen LogP contribution in [0.1, 0.15) is 12.8 Å². The van der Waals surface area contributed by atoms with Gasteiger partial charge in [0, 0.05) is 24.7 Å². The lowest BCUT2D eigenvalue weighted by atomic mass is 10.0. The fourth-order valence-corrected chi connectivity index (χ4v) is 3.07. The molecule has 0 aliphatic rings. The van der Waals surface area contributed by atoms with Crippen molar-refractivity contribution >= 4 is 34.0 Å². The number of carbonyl (C=O) groups excluding carboxylic acids is 1. The third-order valence-electron chi connectivity index (χ3n) is 3.12. The molecule has 0 heterocycles. The molecular formula is C16H24ClN3O3S. The summed E-state index contributed by atoms with van der Waals surface area (Å²) in [6, 6.07) is 6.08. The summed E-state index contributed by atoms with van der Waals surface area (Å²) in [6.45, 7) is 7.63. The van der Waals surface area contributed by atoms with E-state index in [0.717, 1.165) is 0 Å². The molecular weight excluding hydrogens is 350 g/mol. The minimum Gasteiger partial charge on any atom is -0.329 e. The number of sulfonamides is 1. The predicted molar refractivity (Wildman–Crippen MR) is 99.7 cm³/mol. The van der Waals surface area contributed by atoms with Crippen LogP contribution in [0.25, 0.3) is 0 Å². The first-order valence-corrected chi connectivity index (χ1v) is 8.75. The molecule has 0 fully saturated rings. The minimum absolute atomic E-state index is 0. The molecule has 4 N–H and O–H groups in total. The van der Waals surface area contributed by atoms with Gasteiger partial charge in [-0.1, -0.05) is 18.2 Å². The third-order valence-corrected chi connectivity index (χ3v) is 4.58. The number of allylic oxidation sites excluding steroid dienone is 2. The van der Waals surface area contributed by atoms with E-state index in [9.17, 15) is 13.2 Å². The molecule has 1 aromatic rings. The largest absolute Gasteiger partial charge is 0.329 e. The van der Waals surface area contributed by atoms with Crippen LogP contribution < -0.4 is 15.8 Å². The first-order valence-electron chi connectivity index (χ1n) is 7.27. The highest BCUT2D eigenvalue weighted by Crippen LogP contribution is 2.18. The molecule has 0 unspecified atom stereocenters. The second kappa shape index (κ2) is 11.0. The number of carbonyl (C=O) groups is 1. The first-order chi connectivity index (χ1) is 10.9. The van der Waals surface area contributed by atoms with Crippen LogP contribution in [0.4, 0.5) is 5.69 Å². The Labute approximate surface area is 149 Å². The van der Waals surface area contributed by atoms with E-state index in [1.54, 1.807) is 24.3 Å². The topological polar surface area (TPSA) is 101 Å². The minimum atomic E-state index is -3.64. The van der Waals surface area contributed by atoms with Crippen molar-refractivity contribution in [2.24, 2.45) is 11.7 Å². The van der Waals surface area contributed by atoms with Crippen molar-refractivity contribution in [3.8, 4) is 0 Å². The molecule has 1 rings (SSSR count). The van der Waals surface area contributed by atoms with E-state index in [-0.39, 0.29) is 42.2 Å². The van der Waals surface area contributed by atoms with Crippen LogP contribution in [-0.2, 0) is 14.8 Å². The second-order valence-corrected chi connectivity index (χ2v) is 6.72. The molecule has 24 heavy (non-hydrogen) atoms. The number of hydrogen-bond donors (Lipinski definition) is 3. The van der Waals surface area contributed by atoms with Gasteiger partial charge in [-0.25, -0.2) is 13.1 Å². The van der Waals surface area contributed by atoms with Crippen molar-refractivity contribution in [3.63, 3.8) is 0 Å². The summed E-state index contributed by atoms with van der Waals surface area (Å²) in [7, 11) is -3.64. The summed E-state index contributed by atoms with van der Waals surface area (Å²) in [5, 5.41) is 2.73. The number of halogens is 1. The van der Waals surface area contributed by atoms with Gasteiger partial charge in [0.05, 0.1) is 4.90 Å². The Morgan fingerprint density at radius 2 is 1.88 bits per heavy atom. The molecule has 0 saturated carbocycles. The smallest absolute Gasteiger partial charge is 0.240 e. The van der Waals surface area contributed by atoms with Gasteiger partial charge >= 0.3 is 0 Å². The lowest BCUT2D eigenvalue weighted by molar-refractivity contribution is -0.119. The van der Waals surface area contributed by atoms with Crippen LogP contribution in [-0.4, -0.2) is 27.4 Å². The maximum absolute atomic E-state index is 12.2. The number of anilines is 1. The van der Waals surface area contributed by atoms with Gasteiger partial charge in [-0.05, 0) is 31.0 Å². The molecule has 0 radical (unpaired) electrons. The normalized spacial score (nSPS) is 10.8. The molecule has 134 valence electrons. The number of nitrogens with one attached hydrogen (secondary N) is 2. The van der Waals surface area contributed by atoms with Crippen LogP contribution in [0.3, 0.4) is 0 Å². The SMILES string of the molecule is C=CCC(CC=C)C(=O)Nc1cccc(S(=O)(=O)NCCN)c1.Cl. The van der Waals surface area contributed by atoms with E-state index in [4.69, 9.17) is 5.73 Å². The zero-order valence-corrected chi connectivity index (χ0v) is 15.0. The van der Waals surface area contributed by atoms with Gasteiger partial charge in [-0.3, -0.25) is 4.79 Å². The van der Waals surface area contributed by atoms with E-state index in [1.165, 1.54) is 12.1 Å². The van der Waals surface area contributed by atoms with Gasteiger partial charge < -0.3 is 11.1 Å². The standard InChI is InChI=1S/C16H23N3O3S.ClH/c1-3-6-13(7-4-2)16(20)19-14-8-5-9-15(12-14)23(21,22)18-11-10-17;/h3-5,8-9,12-13,18H,1-2,6-7,10-11,17H2,(H,19,20);1H. The number of amides is 1. The molecule has 0 aromatic heterocycles. The zero-order valence-electron chi connectivity index (χ0n) is 13.4. The predicted octanol–water partition coefficient (Wildman–Crippen LogP) is 2.05. The summed E-state index contributed by atoms with van der Waals surface area (Å²) in [5.41, 5.74) is 5.72. The van der Waals surface area contributed by atoms with Crippen molar-refractivity contribution in [1.82, 2.24) is 4.72 Å². The molecule has 8 heteroatoms. The Balaban J connectivity index is 0.00000529. The Morgan fingerprint density at radius 3 is 2.42 bits per heavy atom. The molecule has 0 bridgehead atoms. The van der Waals surface area contributed by atoms with Crippen molar-refractivity contribution in [1.29, 1.82) is 0 Å². The maximum atomic E-state index is 12.2.